The maximum atomic E-state index is 12.4. The van der Waals surface area contributed by atoms with Crippen LogP contribution in [0.3, 0.4) is 0 Å². The van der Waals surface area contributed by atoms with Crippen LogP contribution in [-0.2, 0) is 11.3 Å². The van der Waals surface area contributed by atoms with E-state index in [-0.39, 0.29) is 11.0 Å². The monoisotopic (exact) mass is 291 g/mol. The van der Waals surface area contributed by atoms with Crippen LogP contribution in [0.4, 0.5) is 4.79 Å². The van der Waals surface area contributed by atoms with Gasteiger partial charge in [0.15, 0.2) is 0 Å². The Labute approximate surface area is 124 Å². The SMILES string of the molecule is O=C(OCc1ccccc1)N1CCSC12CCCCC2. The maximum Gasteiger partial charge on any atom is 0.411 e. The van der Waals surface area contributed by atoms with Gasteiger partial charge in [-0.2, -0.15) is 0 Å². The van der Waals surface area contributed by atoms with Gasteiger partial charge < -0.3 is 4.74 Å². The Bertz CT molecular complexity index is 457. The van der Waals surface area contributed by atoms with Gasteiger partial charge in [-0.15, -0.1) is 11.8 Å². The third-order valence-electron chi connectivity index (χ3n) is 4.24. The van der Waals surface area contributed by atoms with Crippen molar-refractivity contribution < 1.29 is 9.53 Å². The van der Waals surface area contributed by atoms with Crippen LogP contribution in [0.25, 0.3) is 0 Å². The van der Waals surface area contributed by atoms with E-state index in [1.807, 2.05) is 47.0 Å². The molecule has 0 aromatic heterocycles. The van der Waals surface area contributed by atoms with E-state index >= 15 is 0 Å². The number of hydrogen-bond acceptors (Lipinski definition) is 3. The van der Waals surface area contributed by atoms with Crippen LogP contribution in [0.15, 0.2) is 30.3 Å². The van der Waals surface area contributed by atoms with Gasteiger partial charge in [-0.1, -0.05) is 49.6 Å². The van der Waals surface area contributed by atoms with Gasteiger partial charge in [-0.25, -0.2) is 4.79 Å². The summed E-state index contributed by atoms with van der Waals surface area (Å²) in [4.78, 5) is 14.4. The van der Waals surface area contributed by atoms with Crippen molar-refractivity contribution in [3.63, 3.8) is 0 Å². The van der Waals surface area contributed by atoms with Gasteiger partial charge in [0.05, 0.1) is 4.87 Å². The molecular weight excluding hydrogens is 270 g/mol. The van der Waals surface area contributed by atoms with Crippen molar-refractivity contribution in [2.45, 2.75) is 43.6 Å². The van der Waals surface area contributed by atoms with Crippen molar-refractivity contribution >= 4 is 17.9 Å². The fourth-order valence-electron chi connectivity index (χ4n) is 3.18. The lowest BCUT2D eigenvalue weighted by molar-refractivity contribution is 0.0701. The van der Waals surface area contributed by atoms with Crippen LogP contribution in [0, 0.1) is 0 Å². The zero-order chi connectivity index (χ0) is 13.8. The molecule has 0 atom stereocenters. The number of ether oxygens (including phenoxy) is 1. The van der Waals surface area contributed by atoms with Crippen LogP contribution in [0.2, 0.25) is 0 Å². The number of benzene rings is 1. The highest BCUT2D eigenvalue weighted by Crippen LogP contribution is 2.46. The average molecular weight is 291 g/mol. The summed E-state index contributed by atoms with van der Waals surface area (Å²) >= 11 is 1.95. The topological polar surface area (TPSA) is 29.5 Å². The molecule has 1 heterocycles. The number of carbonyl (C=O) groups excluding carboxylic acids is 1. The van der Waals surface area contributed by atoms with E-state index in [0.29, 0.717) is 6.61 Å². The quantitative estimate of drug-likeness (QED) is 0.824. The van der Waals surface area contributed by atoms with Crippen molar-refractivity contribution in [3.8, 4) is 0 Å². The lowest BCUT2D eigenvalue weighted by atomic mass is 9.93. The van der Waals surface area contributed by atoms with Crippen molar-refractivity contribution in [3.05, 3.63) is 35.9 Å². The first kappa shape index (κ1) is 13.8. The van der Waals surface area contributed by atoms with Crippen LogP contribution in [0.1, 0.15) is 37.7 Å². The summed E-state index contributed by atoms with van der Waals surface area (Å²) in [6.07, 6.45) is 5.87. The Balaban J connectivity index is 1.61. The van der Waals surface area contributed by atoms with Crippen LogP contribution in [0.5, 0.6) is 0 Å². The summed E-state index contributed by atoms with van der Waals surface area (Å²) in [6, 6.07) is 9.89. The van der Waals surface area contributed by atoms with Crippen molar-refractivity contribution in [2.24, 2.45) is 0 Å². The molecule has 3 rings (SSSR count). The molecule has 0 bridgehead atoms. The van der Waals surface area contributed by atoms with Crippen LogP contribution < -0.4 is 0 Å². The van der Waals surface area contributed by atoms with Crippen molar-refractivity contribution in [2.75, 3.05) is 12.3 Å². The highest BCUT2D eigenvalue weighted by Gasteiger charge is 2.45. The predicted octanol–water partition coefficient (Wildman–Crippen LogP) is 4.03. The molecule has 2 fully saturated rings. The number of amides is 1. The summed E-state index contributed by atoms with van der Waals surface area (Å²) in [7, 11) is 0. The number of nitrogens with zero attached hydrogens (tertiary/aromatic N) is 1. The van der Waals surface area contributed by atoms with Crippen LogP contribution in [-0.4, -0.2) is 28.2 Å². The van der Waals surface area contributed by atoms with Gasteiger partial charge in [0.2, 0.25) is 0 Å². The second kappa shape index (κ2) is 6.08. The smallest absolute Gasteiger partial charge is 0.411 e. The number of hydrogen-bond donors (Lipinski definition) is 0. The molecule has 20 heavy (non-hydrogen) atoms. The highest BCUT2D eigenvalue weighted by atomic mass is 32.2. The summed E-state index contributed by atoms with van der Waals surface area (Å²) in [5, 5.41) is 0. The van der Waals surface area contributed by atoms with E-state index in [1.54, 1.807) is 0 Å². The molecule has 4 heteroatoms. The standard InChI is InChI=1S/C16H21NO2S/c18-15(19-13-14-7-3-1-4-8-14)17-11-12-20-16(17)9-5-2-6-10-16/h1,3-4,7-8H,2,5-6,9-13H2. The summed E-state index contributed by atoms with van der Waals surface area (Å²) in [6.45, 7) is 1.20. The normalized spacial score (nSPS) is 21.1. The first-order chi connectivity index (χ1) is 9.80. The second-order valence-corrected chi connectivity index (χ2v) is 7.00. The molecular formula is C16H21NO2S. The van der Waals surface area contributed by atoms with Gasteiger partial charge in [0.25, 0.3) is 0 Å². The van der Waals surface area contributed by atoms with Crippen molar-refractivity contribution in [1.29, 1.82) is 0 Å². The lowest BCUT2D eigenvalue weighted by Crippen LogP contribution is -2.47. The van der Waals surface area contributed by atoms with Crippen molar-refractivity contribution in [1.82, 2.24) is 4.90 Å². The molecule has 1 spiro atoms. The van der Waals surface area contributed by atoms with E-state index in [0.717, 1.165) is 30.7 Å². The first-order valence-electron chi connectivity index (χ1n) is 7.42. The molecule has 0 unspecified atom stereocenters. The highest BCUT2D eigenvalue weighted by molar-refractivity contribution is 8.00. The lowest BCUT2D eigenvalue weighted by Gasteiger charge is -2.39. The fourth-order valence-corrected chi connectivity index (χ4v) is 4.73. The minimum Gasteiger partial charge on any atom is -0.445 e. The summed E-state index contributed by atoms with van der Waals surface area (Å²) < 4.78 is 5.51. The predicted molar refractivity (Wildman–Crippen MR) is 81.6 cm³/mol. The Morgan fingerprint density at radius 3 is 2.70 bits per heavy atom. The fraction of sp³-hybridized carbons (Fsp3) is 0.562. The van der Waals surface area contributed by atoms with Gasteiger partial charge in [-0.05, 0) is 18.4 Å². The Kier molecular flexibility index (Phi) is 4.20. The van der Waals surface area contributed by atoms with E-state index in [2.05, 4.69) is 0 Å². The van der Waals surface area contributed by atoms with Gasteiger partial charge in [-0.3, -0.25) is 4.90 Å². The molecule has 3 nitrogen and oxygen atoms in total. The summed E-state index contributed by atoms with van der Waals surface area (Å²) in [5.74, 6) is 1.04. The number of carbonyl (C=O) groups is 1. The molecule has 1 aromatic rings. The molecule has 2 aliphatic rings. The first-order valence-corrected chi connectivity index (χ1v) is 8.41. The Hall–Kier alpha value is -1.16. The van der Waals surface area contributed by atoms with E-state index in [9.17, 15) is 4.79 Å². The molecule has 1 saturated heterocycles. The Morgan fingerprint density at radius 2 is 1.95 bits per heavy atom. The van der Waals surface area contributed by atoms with E-state index in [4.69, 9.17) is 4.74 Å². The average Bonchev–Trinajstić information content (AvgIpc) is 2.90. The second-order valence-electron chi connectivity index (χ2n) is 5.55. The molecule has 0 radical (unpaired) electrons. The molecule has 1 aromatic carbocycles. The minimum atomic E-state index is -0.138. The van der Waals surface area contributed by atoms with Gasteiger partial charge in [0, 0.05) is 12.3 Å². The largest absolute Gasteiger partial charge is 0.445 e. The third-order valence-corrected chi connectivity index (χ3v) is 5.79. The number of rotatable bonds is 2. The zero-order valence-electron chi connectivity index (χ0n) is 11.7. The van der Waals surface area contributed by atoms with Crippen LogP contribution >= 0.6 is 11.8 Å². The Morgan fingerprint density at radius 1 is 1.20 bits per heavy atom. The zero-order valence-corrected chi connectivity index (χ0v) is 12.5. The molecule has 1 saturated carbocycles. The van der Waals surface area contributed by atoms with Gasteiger partial charge in [0.1, 0.15) is 6.61 Å². The van der Waals surface area contributed by atoms with E-state index < -0.39 is 0 Å². The minimum absolute atomic E-state index is 0.0338. The summed E-state index contributed by atoms with van der Waals surface area (Å²) in [5.41, 5.74) is 1.05. The number of thioether (sulfide) groups is 1. The third kappa shape index (κ3) is 2.80. The molecule has 108 valence electrons. The van der Waals surface area contributed by atoms with E-state index in [1.165, 1.54) is 19.3 Å². The maximum absolute atomic E-state index is 12.4. The molecule has 0 N–H and O–H groups in total. The molecule has 1 aliphatic heterocycles. The van der Waals surface area contributed by atoms with Gasteiger partial charge >= 0.3 is 6.09 Å². The molecule has 1 amide bonds. The molecule has 1 aliphatic carbocycles.